The topological polar surface area (TPSA) is 42.0 Å². The van der Waals surface area contributed by atoms with Crippen LogP contribution in [0, 0.1) is 5.92 Å². The van der Waals surface area contributed by atoms with Crippen molar-refractivity contribution in [3.63, 3.8) is 0 Å². The first-order valence-corrected chi connectivity index (χ1v) is 8.52. The van der Waals surface area contributed by atoms with Crippen LogP contribution in [0.5, 0.6) is 0 Å². The Morgan fingerprint density at radius 2 is 2.04 bits per heavy atom. The number of aromatic nitrogens is 1. The van der Waals surface area contributed by atoms with Gasteiger partial charge in [-0.15, -0.1) is 0 Å². The summed E-state index contributed by atoms with van der Waals surface area (Å²) in [5, 5.41) is 2.86. The molecule has 1 aromatic carbocycles. The lowest BCUT2D eigenvalue weighted by Gasteiger charge is -2.07. The van der Waals surface area contributed by atoms with E-state index in [0.29, 0.717) is 17.0 Å². The fraction of sp³-hybridized carbons (Fsp3) is 0.500. The number of carbonyl (C=O) groups excluding carboxylic acids is 1. The van der Waals surface area contributed by atoms with Crippen LogP contribution in [0.25, 0.3) is 10.2 Å². The van der Waals surface area contributed by atoms with Gasteiger partial charge in [0.15, 0.2) is 5.13 Å². The molecule has 0 spiro atoms. The van der Waals surface area contributed by atoms with E-state index in [-0.39, 0.29) is 16.6 Å². The molecule has 2 aromatic rings. The standard InChI is InChI=1S/C16H17F3N2OS/c17-16(18,19)11-6-3-7-12-14(11)21-15(23-12)20-13(22)9-8-10-4-1-2-5-10/h3,6-7,10H,1-2,4-5,8-9H2,(H,20,21,22). The van der Waals surface area contributed by atoms with E-state index in [4.69, 9.17) is 0 Å². The lowest BCUT2D eigenvalue weighted by atomic mass is 10.0. The van der Waals surface area contributed by atoms with Gasteiger partial charge in [-0.1, -0.05) is 43.1 Å². The van der Waals surface area contributed by atoms with Crippen LogP contribution in [0.15, 0.2) is 18.2 Å². The molecule has 3 rings (SSSR count). The molecule has 0 radical (unpaired) electrons. The second kappa shape index (κ2) is 6.47. The molecule has 0 unspecified atom stereocenters. The number of hydrogen-bond acceptors (Lipinski definition) is 3. The Hall–Kier alpha value is -1.63. The summed E-state index contributed by atoms with van der Waals surface area (Å²) < 4.78 is 39.3. The Bertz CT molecular complexity index is 705. The second-order valence-electron chi connectivity index (χ2n) is 5.91. The van der Waals surface area contributed by atoms with E-state index in [1.165, 1.54) is 31.7 Å². The molecule has 1 heterocycles. The maximum atomic E-state index is 13.0. The Kier molecular flexibility index (Phi) is 4.57. The highest BCUT2D eigenvalue weighted by Crippen LogP contribution is 2.37. The molecule has 1 saturated carbocycles. The molecule has 124 valence electrons. The first-order chi connectivity index (χ1) is 10.9. The average molecular weight is 342 g/mol. The fourth-order valence-corrected chi connectivity index (χ4v) is 3.96. The molecule has 0 bridgehead atoms. The number of anilines is 1. The maximum absolute atomic E-state index is 13.0. The zero-order valence-electron chi connectivity index (χ0n) is 12.4. The Morgan fingerprint density at radius 3 is 2.74 bits per heavy atom. The maximum Gasteiger partial charge on any atom is 0.418 e. The average Bonchev–Trinajstić information content (AvgIpc) is 3.12. The number of alkyl halides is 3. The molecule has 1 N–H and O–H groups in total. The molecule has 7 heteroatoms. The number of carbonyl (C=O) groups is 1. The second-order valence-corrected chi connectivity index (χ2v) is 6.94. The van der Waals surface area contributed by atoms with Crippen LogP contribution in [0.3, 0.4) is 0 Å². The lowest BCUT2D eigenvalue weighted by molar-refractivity contribution is -0.136. The van der Waals surface area contributed by atoms with Crippen LogP contribution in [0.4, 0.5) is 18.3 Å². The van der Waals surface area contributed by atoms with Crippen molar-refractivity contribution in [1.82, 2.24) is 4.98 Å². The Morgan fingerprint density at radius 1 is 1.30 bits per heavy atom. The van der Waals surface area contributed by atoms with Crippen molar-refractivity contribution in [3.8, 4) is 0 Å². The largest absolute Gasteiger partial charge is 0.418 e. The van der Waals surface area contributed by atoms with Gasteiger partial charge in [0.25, 0.3) is 0 Å². The van der Waals surface area contributed by atoms with Crippen molar-refractivity contribution >= 4 is 32.6 Å². The molecule has 23 heavy (non-hydrogen) atoms. The van der Waals surface area contributed by atoms with Crippen LogP contribution < -0.4 is 5.32 Å². The van der Waals surface area contributed by atoms with Crippen LogP contribution in [0.2, 0.25) is 0 Å². The van der Waals surface area contributed by atoms with Crippen molar-refractivity contribution in [3.05, 3.63) is 23.8 Å². The number of rotatable bonds is 4. The van der Waals surface area contributed by atoms with Gasteiger partial charge in [-0.3, -0.25) is 4.79 Å². The highest BCUT2D eigenvalue weighted by Gasteiger charge is 2.33. The molecule has 1 aromatic heterocycles. The van der Waals surface area contributed by atoms with E-state index in [1.807, 2.05) is 0 Å². The predicted octanol–water partition coefficient (Wildman–Crippen LogP) is 5.22. The summed E-state index contributed by atoms with van der Waals surface area (Å²) in [6.07, 6.45) is 1.58. The van der Waals surface area contributed by atoms with Crippen molar-refractivity contribution in [2.75, 3.05) is 5.32 Å². The summed E-state index contributed by atoms with van der Waals surface area (Å²) in [5.74, 6) is 0.428. The summed E-state index contributed by atoms with van der Waals surface area (Å²) in [7, 11) is 0. The third-order valence-corrected chi connectivity index (χ3v) is 5.16. The SMILES string of the molecule is O=C(CCC1CCCC1)Nc1nc2c(C(F)(F)F)cccc2s1. The number of halogens is 3. The van der Waals surface area contributed by atoms with E-state index in [0.717, 1.165) is 23.8 Å². The predicted molar refractivity (Wildman–Crippen MR) is 84.4 cm³/mol. The number of thiazole rings is 1. The van der Waals surface area contributed by atoms with E-state index in [9.17, 15) is 18.0 Å². The zero-order chi connectivity index (χ0) is 16.4. The summed E-state index contributed by atoms with van der Waals surface area (Å²) in [4.78, 5) is 15.9. The first kappa shape index (κ1) is 16.2. The quantitative estimate of drug-likeness (QED) is 0.827. The molecular formula is C16H17F3N2OS. The third-order valence-electron chi connectivity index (χ3n) is 4.23. The van der Waals surface area contributed by atoms with Gasteiger partial charge >= 0.3 is 6.18 Å². The molecule has 1 fully saturated rings. The molecule has 0 aliphatic heterocycles. The van der Waals surface area contributed by atoms with E-state index >= 15 is 0 Å². The number of nitrogens with one attached hydrogen (secondary N) is 1. The summed E-state index contributed by atoms with van der Waals surface area (Å²) >= 11 is 1.07. The number of amides is 1. The minimum absolute atomic E-state index is 0.101. The summed E-state index contributed by atoms with van der Waals surface area (Å²) in [5.41, 5.74) is -0.867. The van der Waals surface area contributed by atoms with Crippen molar-refractivity contribution < 1.29 is 18.0 Å². The van der Waals surface area contributed by atoms with Gasteiger partial charge in [-0.05, 0) is 24.5 Å². The smallest absolute Gasteiger partial charge is 0.302 e. The molecule has 1 aliphatic carbocycles. The minimum Gasteiger partial charge on any atom is -0.302 e. The first-order valence-electron chi connectivity index (χ1n) is 7.70. The normalized spacial score (nSPS) is 16.1. The van der Waals surface area contributed by atoms with Gasteiger partial charge in [0.2, 0.25) is 5.91 Å². The van der Waals surface area contributed by atoms with Crippen molar-refractivity contribution in [2.24, 2.45) is 5.92 Å². The number of para-hydroxylation sites is 1. The number of benzene rings is 1. The van der Waals surface area contributed by atoms with Gasteiger partial charge in [-0.25, -0.2) is 4.98 Å². The van der Waals surface area contributed by atoms with E-state index < -0.39 is 11.7 Å². The van der Waals surface area contributed by atoms with Gasteiger partial charge in [-0.2, -0.15) is 13.2 Å². The Balaban J connectivity index is 1.69. The van der Waals surface area contributed by atoms with Gasteiger partial charge in [0.05, 0.1) is 15.8 Å². The highest BCUT2D eigenvalue weighted by molar-refractivity contribution is 7.22. The van der Waals surface area contributed by atoms with Gasteiger partial charge in [0, 0.05) is 6.42 Å². The summed E-state index contributed by atoms with van der Waals surface area (Å²) in [6, 6.07) is 3.94. The molecule has 0 saturated heterocycles. The fourth-order valence-electron chi connectivity index (χ4n) is 3.05. The van der Waals surface area contributed by atoms with Crippen molar-refractivity contribution in [1.29, 1.82) is 0 Å². The Labute approximate surface area is 135 Å². The number of nitrogens with zero attached hydrogens (tertiary/aromatic N) is 1. The van der Waals surface area contributed by atoms with Crippen LogP contribution >= 0.6 is 11.3 Å². The molecule has 1 amide bonds. The van der Waals surface area contributed by atoms with Crippen molar-refractivity contribution in [2.45, 2.75) is 44.7 Å². The lowest BCUT2D eigenvalue weighted by Crippen LogP contribution is -2.12. The molecular weight excluding hydrogens is 325 g/mol. The van der Waals surface area contributed by atoms with Crippen LogP contribution in [-0.2, 0) is 11.0 Å². The van der Waals surface area contributed by atoms with E-state index in [1.54, 1.807) is 6.07 Å². The number of hydrogen-bond donors (Lipinski definition) is 1. The van der Waals surface area contributed by atoms with Crippen LogP contribution in [-0.4, -0.2) is 10.9 Å². The molecule has 0 atom stereocenters. The van der Waals surface area contributed by atoms with Crippen LogP contribution in [0.1, 0.15) is 44.1 Å². The highest BCUT2D eigenvalue weighted by atomic mass is 32.1. The third kappa shape index (κ3) is 3.83. The summed E-state index contributed by atoms with van der Waals surface area (Å²) in [6.45, 7) is 0. The van der Waals surface area contributed by atoms with Gasteiger partial charge in [0.1, 0.15) is 0 Å². The van der Waals surface area contributed by atoms with Gasteiger partial charge < -0.3 is 5.32 Å². The monoisotopic (exact) mass is 342 g/mol. The van der Waals surface area contributed by atoms with E-state index in [2.05, 4.69) is 10.3 Å². The zero-order valence-corrected chi connectivity index (χ0v) is 13.3. The molecule has 3 nitrogen and oxygen atoms in total. The minimum atomic E-state index is -4.45. The number of fused-ring (bicyclic) bond motifs is 1. The molecule has 1 aliphatic rings.